The van der Waals surface area contributed by atoms with Gasteiger partial charge in [-0.2, -0.15) is 0 Å². The van der Waals surface area contributed by atoms with Gasteiger partial charge in [0, 0.05) is 32.8 Å². The average Bonchev–Trinajstić information content (AvgIpc) is 2.46. The second-order valence-corrected chi connectivity index (χ2v) is 6.61. The van der Waals surface area contributed by atoms with Crippen molar-refractivity contribution in [1.29, 1.82) is 0 Å². The van der Waals surface area contributed by atoms with Crippen LogP contribution in [0.3, 0.4) is 0 Å². The zero-order valence-electron chi connectivity index (χ0n) is 12.3. The van der Waals surface area contributed by atoms with Crippen LogP contribution in [0.1, 0.15) is 16.8 Å². The molecule has 0 atom stereocenters. The molecule has 0 heterocycles. The molecule has 21 heavy (non-hydrogen) atoms. The molecule has 0 fully saturated rings. The van der Waals surface area contributed by atoms with Crippen LogP contribution in [0.15, 0.2) is 23.1 Å². The normalized spacial score (nSPS) is 11.5. The fraction of sp³-hybridized carbons (Fsp3) is 0.462. The van der Waals surface area contributed by atoms with Gasteiger partial charge in [-0.15, -0.1) is 0 Å². The van der Waals surface area contributed by atoms with E-state index in [2.05, 4.69) is 5.32 Å². The maximum atomic E-state index is 12.2. The molecule has 0 spiro atoms. The third-order valence-electron chi connectivity index (χ3n) is 2.80. The molecule has 0 aliphatic carbocycles. The first kappa shape index (κ1) is 17.4. The quantitative estimate of drug-likeness (QED) is 0.693. The number of carbonyl (C=O) groups excluding carboxylic acids is 1. The molecular formula is C13H20N2O5S. The summed E-state index contributed by atoms with van der Waals surface area (Å²) in [4.78, 5) is 11.9. The van der Waals surface area contributed by atoms with Gasteiger partial charge in [0.25, 0.3) is 5.91 Å². The van der Waals surface area contributed by atoms with E-state index >= 15 is 0 Å². The van der Waals surface area contributed by atoms with Gasteiger partial charge in [-0.05, 0) is 24.6 Å². The summed E-state index contributed by atoms with van der Waals surface area (Å²) in [5, 5.41) is 11.3. The van der Waals surface area contributed by atoms with Crippen LogP contribution in [-0.4, -0.2) is 58.1 Å². The number of amides is 1. The lowest BCUT2D eigenvalue weighted by molar-refractivity contribution is 0.0951. The summed E-state index contributed by atoms with van der Waals surface area (Å²) in [7, 11) is 0.465. The van der Waals surface area contributed by atoms with Crippen LogP contribution in [0.2, 0.25) is 0 Å². The summed E-state index contributed by atoms with van der Waals surface area (Å²) in [5.41, 5.74) is 0.217. The van der Waals surface area contributed by atoms with Gasteiger partial charge in [-0.1, -0.05) is 0 Å². The molecule has 118 valence electrons. The summed E-state index contributed by atoms with van der Waals surface area (Å²) in [6.45, 7) is 0.292. The molecule has 1 rings (SSSR count). The highest BCUT2D eigenvalue weighted by Gasteiger charge is 2.23. The van der Waals surface area contributed by atoms with Crippen LogP contribution in [0.4, 0.5) is 0 Å². The van der Waals surface area contributed by atoms with E-state index < -0.39 is 15.9 Å². The maximum Gasteiger partial charge on any atom is 0.251 e. The van der Waals surface area contributed by atoms with E-state index in [4.69, 9.17) is 9.84 Å². The van der Waals surface area contributed by atoms with Crippen LogP contribution in [-0.2, 0) is 10.0 Å². The smallest absolute Gasteiger partial charge is 0.251 e. The van der Waals surface area contributed by atoms with Gasteiger partial charge in [-0.3, -0.25) is 4.79 Å². The van der Waals surface area contributed by atoms with Crippen molar-refractivity contribution in [3.8, 4) is 5.75 Å². The molecule has 0 saturated carbocycles. The summed E-state index contributed by atoms with van der Waals surface area (Å²) in [6, 6.07) is 4.21. The Hall–Kier alpha value is -1.64. The second-order valence-electron chi connectivity index (χ2n) is 4.49. The molecule has 7 nitrogen and oxygen atoms in total. The van der Waals surface area contributed by atoms with Crippen LogP contribution >= 0.6 is 0 Å². The number of ether oxygens (including phenoxy) is 1. The molecule has 0 aliphatic rings. The Morgan fingerprint density at radius 1 is 1.38 bits per heavy atom. The van der Waals surface area contributed by atoms with E-state index in [0.29, 0.717) is 13.0 Å². The molecule has 8 heteroatoms. The first-order chi connectivity index (χ1) is 9.84. The summed E-state index contributed by atoms with van der Waals surface area (Å²) < 4.78 is 30.6. The van der Waals surface area contributed by atoms with E-state index in [1.165, 1.54) is 39.4 Å². The number of sulfonamides is 1. The summed E-state index contributed by atoms with van der Waals surface area (Å²) in [6.07, 6.45) is 0.435. The van der Waals surface area contributed by atoms with Crippen LogP contribution in [0.25, 0.3) is 0 Å². The summed E-state index contributed by atoms with van der Waals surface area (Å²) in [5.74, 6) is -0.225. The lowest BCUT2D eigenvalue weighted by atomic mass is 10.2. The zero-order valence-corrected chi connectivity index (χ0v) is 13.1. The monoisotopic (exact) mass is 316 g/mol. The van der Waals surface area contributed by atoms with Crippen molar-refractivity contribution in [2.45, 2.75) is 11.3 Å². The molecule has 0 aromatic heterocycles. The van der Waals surface area contributed by atoms with Gasteiger partial charge in [0.05, 0.1) is 7.11 Å². The van der Waals surface area contributed by atoms with Gasteiger partial charge in [0.15, 0.2) is 0 Å². The number of hydrogen-bond acceptors (Lipinski definition) is 5. The predicted molar refractivity (Wildman–Crippen MR) is 77.9 cm³/mol. The van der Waals surface area contributed by atoms with Gasteiger partial charge in [0.1, 0.15) is 10.6 Å². The Labute approximate surface area is 124 Å². The Bertz CT molecular complexity index is 599. The highest BCUT2D eigenvalue weighted by atomic mass is 32.2. The molecule has 1 aromatic rings. The highest BCUT2D eigenvalue weighted by molar-refractivity contribution is 7.89. The van der Waals surface area contributed by atoms with Gasteiger partial charge < -0.3 is 15.2 Å². The van der Waals surface area contributed by atoms with Gasteiger partial charge >= 0.3 is 0 Å². The molecule has 0 aliphatic heterocycles. The third kappa shape index (κ3) is 4.16. The Kier molecular flexibility index (Phi) is 6.13. The average molecular weight is 316 g/mol. The van der Waals surface area contributed by atoms with Crippen molar-refractivity contribution in [1.82, 2.24) is 9.62 Å². The molecule has 0 radical (unpaired) electrons. The Morgan fingerprint density at radius 3 is 2.57 bits per heavy atom. The van der Waals surface area contributed by atoms with Crippen molar-refractivity contribution >= 4 is 15.9 Å². The van der Waals surface area contributed by atoms with Crippen molar-refractivity contribution in [3.05, 3.63) is 23.8 Å². The van der Waals surface area contributed by atoms with Gasteiger partial charge in [0.2, 0.25) is 10.0 Å². The molecule has 1 aromatic carbocycles. The van der Waals surface area contributed by atoms with Crippen molar-refractivity contribution < 1.29 is 23.1 Å². The second kappa shape index (κ2) is 7.39. The number of nitrogens with zero attached hydrogens (tertiary/aromatic N) is 1. The molecule has 1 amide bonds. The van der Waals surface area contributed by atoms with E-state index in [9.17, 15) is 13.2 Å². The third-order valence-corrected chi connectivity index (χ3v) is 4.64. The minimum Gasteiger partial charge on any atom is -0.495 e. The Balaban J connectivity index is 3.14. The Morgan fingerprint density at radius 2 is 2.05 bits per heavy atom. The first-order valence-corrected chi connectivity index (χ1v) is 7.78. The number of benzene rings is 1. The SMILES string of the molecule is COc1ccc(C(=O)NCCCO)cc1S(=O)(=O)N(C)C. The molecule has 0 saturated heterocycles. The number of aliphatic hydroxyl groups excluding tert-OH is 1. The summed E-state index contributed by atoms with van der Waals surface area (Å²) >= 11 is 0. The molecule has 0 bridgehead atoms. The lowest BCUT2D eigenvalue weighted by Gasteiger charge is -2.15. The minimum absolute atomic E-state index is 0.0247. The maximum absolute atomic E-state index is 12.2. The number of hydrogen-bond donors (Lipinski definition) is 2. The standard InChI is InChI=1S/C13H20N2O5S/c1-15(2)21(18,19)12-9-10(5-6-11(12)20-3)13(17)14-7-4-8-16/h5-6,9,16H,4,7-8H2,1-3H3,(H,14,17). The van der Waals surface area contributed by atoms with E-state index in [-0.39, 0.29) is 22.8 Å². The van der Waals surface area contributed by atoms with E-state index in [1.807, 2.05) is 0 Å². The number of carbonyl (C=O) groups is 1. The predicted octanol–water partition coefficient (Wildman–Crippen LogP) is 0.0577. The number of aliphatic hydroxyl groups is 1. The lowest BCUT2D eigenvalue weighted by Crippen LogP contribution is -2.26. The molecular weight excluding hydrogens is 296 g/mol. The van der Waals surface area contributed by atoms with Crippen molar-refractivity contribution in [2.24, 2.45) is 0 Å². The van der Waals surface area contributed by atoms with Crippen LogP contribution in [0.5, 0.6) is 5.75 Å². The number of nitrogens with one attached hydrogen (secondary N) is 1. The van der Waals surface area contributed by atoms with E-state index in [0.717, 1.165) is 4.31 Å². The number of rotatable bonds is 7. The van der Waals surface area contributed by atoms with E-state index in [1.54, 1.807) is 0 Å². The fourth-order valence-electron chi connectivity index (χ4n) is 1.60. The largest absolute Gasteiger partial charge is 0.495 e. The minimum atomic E-state index is -3.71. The van der Waals surface area contributed by atoms with Crippen molar-refractivity contribution in [3.63, 3.8) is 0 Å². The fourth-order valence-corrected chi connectivity index (χ4v) is 2.67. The first-order valence-electron chi connectivity index (χ1n) is 6.34. The van der Waals surface area contributed by atoms with Crippen LogP contribution < -0.4 is 10.1 Å². The topological polar surface area (TPSA) is 95.9 Å². The van der Waals surface area contributed by atoms with Crippen LogP contribution in [0, 0.1) is 0 Å². The zero-order chi connectivity index (χ0) is 16.0. The van der Waals surface area contributed by atoms with Gasteiger partial charge in [-0.25, -0.2) is 12.7 Å². The van der Waals surface area contributed by atoms with Crippen molar-refractivity contribution in [2.75, 3.05) is 34.4 Å². The molecule has 2 N–H and O–H groups in total. The highest BCUT2D eigenvalue weighted by Crippen LogP contribution is 2.26. The molecule has 0 unspecified atom stereocenters. The number of methoxy groups -OCH3 is 1.